The number of rotatable bonds is 6. The third-order valence-electron chi connectivity index (χ3n) is 7.68. The first kappa shape index (κ1) is 21.8. The summed E-state index contributed by atoms with van der Waals surface area (Å²) in [7, 11) is 0. The summed E-state index contributed by atoms with van der Waals surface area (Å²) in [6.45, 7) is 5.88. The van der Waals surface area contributed by atoms with Crippen LogP contribution >= 0.6 is 0 Å². The summed E-state index contributed by atoms with van der Waals surface area (Å²) < 4.78 is 0. The van der Waals surface area contributed by atoms with E-state index >= 15 is 0 Å². The van der Waals surface area contributed by atoms with Gasteiger partial charge in [-0.15, -0.1) is 0 Å². The molecule has 3 amide bonds. The monoisotopic (exact) mass is 425 g/mol. The number of amides is 3. The molecule has 6 nitrogen and oxygen atoms in total. The summed E-state index contributed by atoms with van der Waals surface area (Å²) in [6.07, 6.45) is 7.59. The van der Waals surface area contributed by atoms with Gasteiger partial charge in [-0.3, -0.25) is 25.2 Å². The van der Waals surface area contributed by atoms with E-state index in [1.807, 2.05) is 26.0 Å². The van der Waals surface area contributed by atoms with E-state index in [-0.39, 0.29) is 29.1 Å². The molecule has 0 unspecified atom stereocenters. The van der Waals surface area contributed by atoms with Crippen LogP contribution in [0.5, 0.6) is 0 Å². The molecular weight excluding hydrogens is 390 g/mol. The van der Waals surface area contributed by atoms with Gasteiger partial charge in [0, 0.05) is 11.0 Å². The highest BCUT2D eigenvalue weighted by atomic mass is 16.2. The Kier molecular flexibility index (Phi) is 6.09. The second-order valence-corrected chi connectivity index (χ2v) is 10.4. The van der Waals surface area contributed by atoms with Gasteiger partial charge in [0.2, 0.25) is 5.91 Å². The van der Waals surface area contributed by atoms with E-state index < -0.39 is 6.04 Å². The molecule has 4 bridgehead atoms. The van der Waals surface area contributed by atoms with E-state index in [1.165, 1.54) is 19.3 Å². The van der Waals surface area contributed by atoms with Crippen molar-refractivity contribution in [1.29, 1.82) is 0 Å². The van der Waals surface area contributed by atoms with E-state index in [1.54, 1.807) is 12.1 Å². The van der Waals surface area contributed by atoms with Crippen molar-refractivity contribution in [2.24, 2.45) is 29.1 Å². The van der Waals surface area contributed by atoms with Gasteiger partial charge in [-0.05, 0) is 86.3 Å². The average molecular weight is 426 g/mol. The molecule has 168 valence electrons. The molecule has 1 aromatic carbocycles. The van der Waals surface area contributed by atoms with Crippen molar-refractivity contribution < 1.29 is 14.4 Å². The smallest absolute Gasteiger partial charge is 0.269 e. The van der Waals surface area contributed by atoms with E-state index in [9.17, 15) is 14.4 Å². The van der Waals surface area contributed by atoms with Gasteiger partial charge in [0.05, 0.1) is 0 Å². The molecule has 3 N–H and O–H groups in total. The molecule has 0 aromatic heterocycles. The first-order valence-corrected chi connectivity index (χ1v) is 11.8. The fourth-order valence-electron chi connectivity index (χ4n) is 6.38. The quantitative estimate of drug-likeness (QED) is 0.611. The highest BCUT2D eigenvalue weighted by Crippen LogP contribution is 2.60. The van der Waals surface area contributed by atoms with Gasteiger partial charge in [-0.2, -0.15) is 0 Å². The average Bonchev–Trinajstić information content (AvgIpc) is 2.74. The zero-order valence-electron chi connectivity index (χ0n) is 18.9. The van der Waals surface area contributed by atoms with Gasteiger partial charge in [-0.25, -0.2) is 0 Å². The Morgan fingerprint density at radius 3 is 1.97 bits per heavy atom. The van der Waals surface area contributed by atoms with Crippen LogP contribution in [0.25, 0.3) is 0 Å². The molecule has 1 atom stereocenters. The van der Waals surface area contributed by atoms with Crippen LogP contribution in [0.15, 0.2) is 24.3 Å². The first-order valence-electron chi connectivity index (χ1n) is 11.8. The number of carbonyl (C=O) groups is 3. The standard InChI is InChI=1S/C25H35N3O3/c1-4-16-5-7-20(8-6-16)22(29)27-28-23(30)21(15(2)3)26-24(31)25-12-17-9-18(13-25)11-19(10-17)14-25/h5-8,15,17-19,21H,4,9-14H2,1-3H3,(H,26,31)(H,27,29)(H,28,30)/t17?,18?,19?,21-,25?/m1/s1. The van der Waals surface area contributed by atoms with Crippen LogP contribution in [0.3, 0.4) is 0 Å². The lowest BCUT2D eigenvalue weighted by molar-refractivity contribution is -0.149. The van der Waals surface area contributed by atoms with Crippen LogP contribution in [0, 0.1) is 29.1 Å². The number of hydrogen-bond donors (Lipinski definition) is 3. The minimum atomic E-state index is -0.678. The zero-order chi connectivity index (χ0) is 22.2. The third-order valence-corrected chi connectivity index (χ3v) is 7.68. The van der Waals surface area contributed by atoms with Gasteiger partial charge < -0.3 is 5.32 Å². The molecule has 4 saturated carbocycles. The first-order chi connectivity index (χ1) is 14.8. The van der Waals surface area contributed by atoms with Gasteiger partial charge in [0.1, 0.15) is 6.04 Å². The van der Waals surface area contributed by atoms with E-state index in [4.69, 9.17) is 0 Å². The fraction of sp³-hybridized carbons (Fsp3) is 0.640. The summed E-state index contributed by atoms with van der Waals surface area (Å²) in [5.74, 6) is 1.20. The number of aryl methyl sites for hydroxylation is 1. The van der Waals surface area contributed by atoms with Gasteiger partial charge in [0.25, 0.3) is 11.8 Å². The fourth-order valence-corrected chi connectivity index (χ4v) is 6.38. The van der Waals surface area contributed by atoms with Crippen LogP contribution < -0.4 is 16.2 Å². The zero-order valence-corrected chi connectivity index (χ0v) is 18.9. The van der Waals surface area contributed by atoms with Crippen LogP contribution in [0.1, 0.15) is 75.2 Å². The molecule has 6 heteroatoms. The van der Waals surface area contributed by atoms with Crippen molar-refractivity contribution in [2.45, 2.75) is 71.8 Å². The molecule has 0 heterocycles. The Hall–Kier alpha value is -2.37. The van der Waals surface area contributed by atoms with Gasteiger partial charge in [-0.1, -0.05) is 32.9 Å². The Labute approximate surface area is 184 Å². The molecule has 0 saturated heterocycles. The Balaban J connectivity index is 1.36. The van der Waals surface area contributed by atoms with E-state index in [0.29, 0.717) is 23.3 Å². The van der Waals surface area contributed by atoms with Crippen molar-refractivity contribution in [1.82, 2.24) is 16.2 Å². The summed E-state index contributed by atoms with van der Waals surface area (Å²) in [5, 5.41) is 3.05. The summed E-state index contributed by atoms with van der Waals surface area (Å²) >= 11 is 0. The molecule has 5 rings (SSSR count). The number of nitrogens with one attached hydrogen (secondary N) is 3. The van der Waals surface area contributed by atoms with Crippen LogP contribution in [-0.2, 0) is 16.0 Å². The minimum absolute atomic E-state index is 0.0296. The maximum Gasteiger partial charge on any atom is 0.269 e. The van der Waals surface area contributed by atoms with Crippen molar-refractivity contribution in [2.75, 3.05) is 0 Å². The second kappa shape index (κ2) is 8.64. The van der Waals surface area contributed by atoms with E-state index in [2.05, 4.69) is 23.1 Å². The topological polar surface area (TPSA) is 87.3 Å². The number of carbonyl (C=O) groups excluding carboxylic acids is 3. The highest BCUT2D eigenvalue weighted by molar-refractivity contribution is 5.96. The normalized spacial score (nSPS) is 29.5. The molecule has 4 aliphatic carbocycles. The van der Waals surface area contributed by atoms with Gasteiger partial charge in [0.15, 0.2) is 0 Å². The van der Waals surface area contributed by atoms with Crippen molar-refractivity contribution in [3.05, 3.63) is 35.4 Å². The number of hydrazine groups is 1. The Morgan fingerprint density at radius 1 is 0.935 bits per heavy atom. The van der Waals surface area contributed by atoms with Crippen molar-refractivity contribution in [3.63, 3.8) is 0 Å². The lowest BCUT2D eigenvalue weighted by atomic mass is 9.49. The third kappa shape index (κ3) is 4.48. The molecule has 4 fully saturated rings. The summed E-state index contributed by atoms with van der Waals surface area (Å²) in [6, 6.07) is 6.62. The lowest BCUT2D eigenvalue weighted by Gasteiger charge is -2.55. The van der Waals surface area contributed by atoms with Crippen LogP contribution in [0.2, 0.25) is 0 Å². The number of benzene rings is 1. The van der Waals surface area contributed by atoms with Crippen LogP contribution in [-0.4, -0.2) is 23.8 Å². The molecule has 31 heavy (non-hydrogen) atoms. The van der Waals surface area contributed by atoms with Crippen molar-refractivity contribution >= 4 is 17.7 Å². The Bertz CT molecular complexity index is 811. The SMILES string of the molecule is CCc1ccc(C(=O)NNC(=O)[C@H](NC(=O)C23CC4CC(CC(C4)C2)C3)C(C)C)cc1. The van der Waals surface area contributed by atoms with E-state index in [0.717, 1.165) is 31.2 Å². The molecule has 4 aliphatic rings. The van der Waals surface area contributed by atoms with Gasteiger partial charge >= 0.3 is 0 Å². The minimum Gasteiger partial charge on any atom is -0.344 e. The maximum absolute atomic E-state index is 13.4. The molecule has 1 aromatic rings. The largest absolute Gasteiger partial charge is 0.344 e. The summed E-state index contributed by atoms with van der Waals surface area (Å²) in [4.78, 5) is 38.6. The molecule has 0 aliphatic heterocycles. The highest BCUT2D eigenvalue weighted by Gasteiger charge is 2.55. The molecule has 0 radical (unpaired) electrons. The lowest BCUT2D eigenvalue weighted by Crippen LogP contribution is -2.59. The Morgan fingerprint density at radius 2 is 1.48 bits per heavy atom. The molecule has 0 spiro atoms. The molecular formula is C25H35N3O3. The van der Waals surface area contributed by atoms with Crippen LogP contribution in [0.4, 0.5) is 0 Å². The number of hydrogen-bond acceptors (Lipinski definition) is 3. The van der Waals surface area contributed by atoms with Crippen molar-refractivity contribution in [3.8, 4) is 0 Å². The summed E-state index contributed by atoms with van der Waals surface area (Å²) in [5.41, 5.74) is 6.34. The predicted octanol–water partition coefficient (Wildman–Crippen LogP) is 3.37. The maximum atomic E-state index is 13.4. The second-order valence-electron chi connectivity index (χ2n) is 10.4. The predicted molar refractivity (Wildman–Crippen MR) is 119 cm³/mol.